The van der Waals surface area contributed by atoms with E-state index in [1.165, 1.54) is 0 Å². The van der Waals surface area contributed by atoms with Gasteiger partial charge in [-0.05, 0) is 36.1 Å². The van der Waals surface area contributed by atoms with Crippen LogP contribution in [0.3, 0.4) is 0 Å². The van der Waals surface area contributed by atoms with E-state index in [9.17, 15) is 8.42 Å². The van der Waals surface area contributed by atoms with Crippen molar-refractivity contribution in [3.63, 3.8) is 0 Å². The van der Waals surface area contributed by atoms with Crippen molar-refractivity contribution >= 4 is 21.8 Å². The van der Waals surface area contributed by atoms with E-state index in [2.05, 4.69) is 23.9 Å². The van der Waals surface area contributed by atoms with Crippen LogP contribution in [-0.2, 0) is 16.6 Å². The van der Waals surface area contributed by atoms with Gasteiger partial charge in [0.1, 0.15) is 0 Å². The average molecular weight is 316 g/mol. The number of hydrogen-bond acceptors (Lipinski definition) is 4. The fourth-order valence-electron chi connectivity index (χ4n) is 1.61. The highest BCUT2D eigenvalue weighted by molar-refractivity contribution is 7.98. The molecule has 0 saturated heterocycles. The molecule has 2 N–H and O–H groups in total. The maximum absolute atomic E-state index is 12.0. The van der Waals surface area contributed by atoms with Crippen LogP contribution >= 0.6 is 11.8 Å². The van der Waals surface area contributed by atoms with Gasteiger partial charge in [0, 0.05) is 19.1 Å². The second-order valence-corrected chi connectivity index (χ2v) is 7.68. The standard InChI is InChI=1S/C14H24N2O2S2/c1-12(2)15-11-13-5-7-14(8-6-13)20(17,18)16-9-4-10-19-3/h5-8,12,15-16H,4,9-11H2,1-3H3. The molecular formula is C14H24N2O2S2. The van der Waals surface area contributed by atoms with Gasteiger partial charge in [-0.15, -0.1) is 0 Å². The molecule has 1 aromatic rings. The van der Waals surface area contributed by atoms with Crippen LogP contribution in [0.15, 0.2) is 29.2 Å². The average Bonchev–Trinajstić information content (AvgIpc) is 2.42. The molecule has 0 aliphatic carbocycles. The summed E-state index contributed by atoms with van der Waals surface area (Å²) in [5.74, 6) is 0.961. The quantitative estimate of drug-likeness (QED) is 0.686. The van der Waals surface area contributed by atoms with Gasteiger partial charge < -0.3 is 5.32 Å². The summed E-state index contributed by atoms with van der Waals surface area (Å²) < 4.78 is 26.7. The molecule has 0 heterocycles. The first-order valence-electron chi connectivity index (χ1n) is 6.76. The number of rotatable bonds is 9. The lowest BCUT2D eigenvalue weighted by Gasteiger charge is -2.09. The Hall–Kier alpha value is -0.560. The molecule has 0 bridgehead atoms. The Balaban J connectivity index is 2.57. The molecule has 20 heavy (non-hydrogen) atoms. The molecule has 0 saturated carbocycles. The SMILES string of the molecule is CSCCCNS(=O)(=O)c1ccc(CNC(C)C)cc1. The molecule has 0 amide bonds. The van der Waals surface area contributed by atoms with Crippen molar-refractivity contribution in [1.82, 2.24) is 10.0 Å². The minimum atomic E-state index is -3.37. The fourth-order valence-corrected chi connectivity index (χ4v) is 3.12. The van der Waals surface area contributed by atoms with Gasteiger partial charge in [-0.1, -0.05) is 26.0 Å². The van der Waals surface area contributed by atoms with Crippen molar-refractivity contribution in [3.8, 4) is 0 Å². The van der Waals surface area contributed by atoms with E-state index >= 15 is 0 Å². The van der Waals surface area contributed by atoms with E-state index in [0.717, 1.165) is 24.3 Å². The number of hydrogen-bond donors (Lipinski definition) is 2. The van der Waals surface area contributed by atoms with Crippen LogP contribution < -0.4 is 10.0 Å². The Labute approximate surface area is 126 Å². The van der Waals surface area contributed by atoms with Crippen molar-refractivity contribution in [3.05, 3.63) is 29.8 Å². The highest BCUT2D eigenvalue weighted by atomic mass is 32.2. The Morgan fingerprint density at radius 1 is 1.20 bits per heavy atom. The molecule has 0 aliphatic rings. The molecule has 1 aromatic carbocycles. The van der Waals surface area contributed by atoms with Gasteiger partial charge in [-0.2, -0.15) is 11.8 Å². The Bertz CT molecular complexity index is 484. The van der Waals surface area contributed by atoms with Crippen molar-refractivity contribution in [2.24, 2.45) is 0 Å². The molecule has 0 spiro atoms. The first-order valence-corrected chi connectivity index (χ1v) is 9.64. The second-order valence-electron chi connectivity index (χ2n) is 4.92. The maximum atomic E-state index is 12.0. The highest BCUT2D eigenvalue weighted by Crippen LogP contribution is 2.10. The molecule has 0 radical (unpaired) electrons. The third-order valence-corrected chi connectivity index (χ3v) is 4.94. The van der Waals surface area contributed by atoms with Gasteiger partial charge in [0.05, 0.1) is 4.90 Å². The van der Waals surface area contributed by atoms with Gasteiger partial charge in [0.25, 0.3) is 0 Å². The van der Waals surface area contributed by atoms with Gasteiger partial charge in [0.15, 0.2) is 0 Å². The Kier molecular flexibility index (Phi) is 7.58. The van der Waals surface area contributed by atoms with E-state index in [4.69, 9.17) is 0 Å². The zero-order valence-electron chi connectivity index (χ0n) is 12.3. The fraction of sp³-hybridized carbons (Fsp3) is 0.571. The van der Waals surface area contributed by atoms with E-state index in [0.29, 0.717) is 17.5 Å². The van der Waals surface area contributed by atoms with Gasteiger partial charge in [-0.25, -0.2) is 13.1 Å². The summed E-state index contributed by atoms with van der Waals surface area (Å²) >= 11 is 1.72. The van der Waals surface area contributed by atoms with Gasteiger partial charge >= 0.3 is 0 Å². The summed E-state index contributed by atoms with van der Waals surface area (Å²) in [6.45, 7) is 5.40. The lowest BCUT2D eigenvalue weighted by molar-refractivity contribution is 0.579. The van der Waals surface area contributed by atoms with Crippen molar-refractivity contribution in [2.75, 3.05) is 18.6 Å². The van der Waals surface area contributed by atoms with Crippen LogP contribution in [0.5, 0.6) is 0 Å². The minimum Gasteiger partial charge on any atom is -0.310 e. The Morgan fingerprint density at radius 2 is 1.85 bits per heavy atom. The molecule has 0 atom stereocenters. The summed E-state index contributed by atoms with van der Waals surface area (Å²) in [6.07, 6.45) is 2.86. The van der Waals surface area contributed by atoms with Crippen molar-refractivity contribution in [1.29, 1.82) is 0 Å². The van der Waals surface area contributed by atoms with Crippen LogP contribution in [-0.4, -0.2) is 33.0 Å². The van der Waals surface area contributed by atoms with Crippen LogP contribution in [0.4, 0.5) is 0 Å². The summed E-state index contributed by atoms with van der Waals surface area (Å²) in [7, 11) is -3.37. The normalized spacial score (nSPS) is 12.0. The first-order chi connectivity index (χ1) is 9.45. The van der Waals surface area contributed by atoms with Crippen molar-refractivity contribution in [2.45, 2.75) is 37.8 Å². The van der Waals surface area contributed by atoms with Crippen LogP contribution in [0.1, 0.15) is 25.8 Å². The van der Waals surface area contributed by atoms with Gasteiger partial charge in [0.2, 0.25) is 10.0 Å². The summed E-state index contributed by atoms with van der Waals surface area (Å²) in [4.78, 5) is 0.329. The zero-order chi connectivity index (χ0) is 15.0. The molecule has 4 nitrogen and oxygen atoms in total. The van der Waals surface area contributed by atoms with E-state index in [-0.39, 0.29) is 0 Å². The molecular weight excluding hydrogens is 292 g/mol. The monoisotopic (exact) mass is 316 g/mol. The summed E-state index contributed by atoms with van der Waals surface area (Å²) in [6, 6.07) is 7.44. The van der Waals surface area contributed by atoms with E-state index < -0.39 is 10.0 Å². The summed E-state index contributed by atoms with van der Waals surface area (Å²) in [5, 5.41) is 3.30. The molecule has 0 unspecified atom stereocenters. The van der Waals surface area contributed by atoms with E-state index in [1.807, 2.05) is 18.4 Å². The third-order valence-electron chi connectivity index (χ3n) is 2.77. The summed E-state index contributed by atoms with van der Waals surface area (Å²) in [5.41, 5.74) is 1.08. The molecule has 0 aromatic heterocycles. The molecule has 1 rings (SSSR count). The largest absolute Gasteiger partial charge is 0.310 e. The lowest BCUT2D eigenvalue weighted by Crippen LogP contribution is -2.25. The topological polar surface area (TPSA) is 58.2 Å². The smallest absolute Gasteiger partial charge is 0.240 e. The highest BCUT2D eigenvalue weighted by Gasteiger charge is 2.12. The molecule has 114 valence electrons. The molecule has 6 heteroatoms. The zero-order valence-corrected chi connectivity index (χ0v) is 14.0. The molecule has 0 fully saturated rings. The maximum Gasteiger partial charge on any atom is 0.240 e. The predicted molar refractivity (Wildman–Crippen MR) is 86.6 cm³/mol. The van der Waals surface area contributed by atoms with Crippen molar-refractivity contribution < 1.29 is 8.42 Å². The van der Waals surface area contributed by atoms with Crippen LogP contribution in [0, 0.1) is 0 Å². The number of sulfonamides is 1. The lowest BCUT2D eigenvalue weighted by atomic mass is 10.2. The number of thioether (sulfide) groups is 1. The Morgan fingerprint density at radius 3 is 2.40 bits per heavy atom. The third kappa shape index (κ3) is 6.26. The number of nitrogens with one attached hydrogen (secondary N) is 2. The second kappa shape index (κ2) is 8.67. The van der Waals surface area contributed by atoms with Gasteiger partial charge in [-0.3, -0.25) is 0 Å². The predicted octanol–water partition coefficient (Wildman–Crippen LogP) is 2.22. The van der Waals surface area contributed by atoms with E-state index in [1.54, 1.807) is 23.9 Å². The number of benzene rings is 1. The van der Waals surface area contributed by atoms with Crippen LogP contribution in [0.25, 0.3) is 0 Å². The first kappa shape index (κ1) is 17.5. The minimum absolute atomic E-state index is 0.329. The van der Waals surface area contributed by atoms with Crippen LogP contribution in [0.2, 0.25) is 0 Å². The molecule has 0 aliphatic heterocycles.